The molecule has 1 atom stereocenters. The van der Waals surface area contributed by atoms with Crippen molar-refractivity contribution < 1.29 is 4.42 Å². The second-order valence-corrected chi connectivity index (χ2v) is 4.32. The lowest BCUT2D eigenvalue weighted by Gasteiger charge is -2.15. The van der Waals surface area contributed by atoms with Crippen LogP contribution < -0.4 is 5.32 Å². The Hall–Kier alpha value is -1.54. The lowest BCUT2D eigenvalue weighted by Crippen LogP contribution is -2.22. The maximum absolute atomic E-state index is 5.49. The average Bonchev–Trinajstić information content (AvgIpc) is 2.82. The van der Waals surface area contributed by atoms with Crippen LogP contribution in [0.2, 0.25) is 0 Å². The minimum Gasteiger partial charge on any atom is -0.468 e. The van der Waals surface area contributed by atoms with Crippen molar-refractivity contribution >= 4 is 0 Å². The summed E-state index contributed by atoms with van der Waals surface area (Å²) < 4.78 is 5.49. The van der Waals surface area contributed by atoms with E-state index in [0.29, 0.717) is 0 Å². The molecule has 2 rings (SSSR count). The van der Waals surface area contributed by atoms with Gasteiger partial charge in [0.1, 0.15) is 5.76 Å². The molecule has 0 fully saturated rings. The van der Waals surface area contributed by atoms with Crippen molar-refractivity contribution in [2.45, 2.75) is 26.3 Å². The van der Waals surface area contributed by atoms with Gasteiger partial charge in [0.15, 0.2) is 0 Å². The second kappa shape index (κ2) is 5.69. The van der Waals surface area contributed by atoms with Crippen LogP contribution >= 0.6 is 0 Å². The van der Waals surface area contributed by atoms with E-state index in [1.807, 2.05) is 12.1 Å². The van der Waals surface area contributed by atoms with E-state index in [0.717, 1.165) is 18.7 Å². The predicted molar refractivity (Wildman–Crippen MR) is 70.0 cm³/mol. The molecule has 0 saturated heterocycles. The maximum atomic E-state index is 5.49. The van der Waals surface area contributed by atoms with Crippen molar-refractivity contribution in [3.63, 3.8) is 0 Å². The van der Waals surface area contributed by atoms with Crippen LogP contribution in [0, 0.1) is 6.92 Å². The number of furan rings is 1. The molecule has 0 amide bonds. The summed E-state index contributed by atoms with van der Waals surface area (Å²) >= 11 is 0. The Morgan fingerprint density at radius 2 is 2.12 bits per heavy atom. The third-order valence-electron chi connectivity index (χ3n) is 2.86. The highest BCUT2D eigenvalue weighted by molar-refractivity contribution is 5.24. The predicted octanol–water partition coefficient (Wildman–Crippen LogP) is 3.48. The van der Waals surface area contributed by atoms with Crippen LogP contribution in [0.5, 0.6) is 0 Å². The summed E-state index contributed by atoms with van der Waals surface area (Å²) in [6.07, 6.45) is 2.69. The van der Waals surface area contributed by atoms with Crippen molar-refractivity contribution in [1.82, 2.24) is 5.32 Å². The van der Waals surface area contributed by atoms with Gasteiger partial charge in [-0.1, -0.05) is 36.8 Å². The molecule has 0 aliphatic heterocycles. The van der Waals surface area contributed by atoms with Crippen LogP contribution in [0.4, 0.5) is 0 Å². The molecular formula is C15H19NO. The SMILES string of the molecule is CCNC(Cc1cccc(C)c1)c1ccco1. The molecule has 0 saturated carbocycles. The molecule has 1 unspecified atom stereocenters. The molecule has 2 heteroatoms. The average molecular weight is 229 g/mol. The van der Waals surface area contributed by atoms with Crippen LogP contribution in [0.3, 0.4) is 0 Å². The number of nitrogens with one attached hydrogen (secondary N) is 1. The topological polar surface area (TPSA) is 25.2 Å². The summed E-state index contributed by atoms with van der Waals surface area (Å²) in [6, 6.07) is 12.9. The highest BCUT2D eigenvalue weighted by Crippen LogP contribution is 2.19. The first-order valence-electron chi connectivity index (χ1n) is 6.12. The Labute approximate surface area is 103 Å². The van der Waals surface area contributed by atoms with E-state index >= 15 is 0 Å². The number of hydrogen-bond donors (Lipinski definition) is 1. The number of benzene rings is 1. The number of rotatable bonds is 5. The molecule has 1 aromatic carbocycles. The second-order valence-electron chi connectivity index (χ2n) is 4.32. The zero-order valence-electron chi connectivity index (χ0n) is 10.4. The summed E-state index contributed by atoms with van der Waals surface area (Å²) in [5.74, 6) is 1.01. The highest BCUT2D eigenvalue weighted by atomic mass is 16.3. The Morgan fingerprint density at radius 1 is 1.24 bits per heavy atom. The Balaban J connectivity index is 2.13. The van der Waals surface area contributed by atoms with Crippen LogP contribution in [0.1, 0.15) is 29.9 Å². The van der Waals surface area contributed by atoms with Crippen LogP contribution in [0.15, 0.2) is 47.1 Å². The molecule has 90 valence electrons. The molecule has 0 aliphatic rings. The van der Waals surface area contributed by atoms with Gasteiger partial charge < -0.3 is 9.73 Å². The molecule has 1 heterocycles. The molecule has 17 heavy (non-hydrogen) atoms. The Morgan fingerprint density at radius 3 is 2.76 bits per heavy atom. The summed E-state index contributed by atoms with van der Waals surface area (Å²) in [6.45, 7) is 5.18. The largest absolute Gasteiger partial charge is 0.468 e. The lowest BCUT2D eigenvalue weighted by atomic mass is 10.0. The first kappa shape index (κ1) is 11.9. The van der Waals surface area contributed by atoms with Crippen molar-refractivity contribution in [2.24, 2.45) is 0 Å². The Bertz CT molecular complexity index is 448. The van der Waals surface area contributed by atoms with Gasteiger partial charge in [-0.25, -0.2) is 0 Å². The first-order valence-corrected chi connectivity index (χ1v) is 6.12. The fourth-order valence-electron chi connectivity index (χ4n) is 2.08. The molecule has 2 nitrogen and oxygen atoms in total. The van der Waals surface area contributed by atoms with Crippen molar-refractivity contribution in [3.05, 3.63) is 59.5 Å². The number of aryl methyl sites for hydroxylation is 1. The smallest absolute Gasteiger partial charge is 0.121 e. The van der Waals surface area contributed by atoms with Gasteiger partial charge in [0.05, 0.1) is 12.3 Å². The van der Waals surface area contributed by atoms with Crippen LogP contribution in [0.25, 0.3) is 0 Å². The van der Waals surface area contributed by atoms with Gasteiger partial charge >= 0.3 is 0 Å². The van der Waals surface area contributed by atoms with Crippen LogP contribution in [-0.4, -0.2) is 6.54 Å². The molecule has 0 aliphatic carbocycles. The molecule has 0 bridgehead atoms. The first-order chi connectivity index (χ1) is 8.29. The lowest BCUT2D eigenvalue weighted by molar-refractivity contribution is 0.416. The minimum absolute atomic E-state index is 0.261. The molecule has 0 spiro atoms. The summed E-state index contributed by atoms with van der Waals surface area (Å²) in [4.78, 5) is 0. The van der Waals surface area contributed by atoms with E-state index in [4.69, 9.17) is 4.42 Å². The van der Waals surface area contributed by atoms with Gasteiger partial charge in [-0.05, 0) is 37.6 Å². The molecular weight excluding hydrogens is 210 g/mol. The van der Waals surface area contributed by atoms with E-state index in [1.54, 1.807) is 6.26 Å². The molecule has 1 N–H and O–H groups in total. The third-order valence-corrected chi connectivity index (χ3v) is 2.86. The fourth-order valence-corrected chi connectivity index (χ4v) is 2.08. The van der Waals surface area contributed by atoms with Gasteiger partial charge in [0.25, 0.3) is 0 Å². The Kier molecular flexibility index (Phi) is 3.99. The van der Waals surface area contributed by atoms with E-state index in [9.17, 15) is 0 Å². The highest BCUT2D eigenvalue weighted by Gasteiger charge is 2.13. The van der Waals surface area contributed by atoms with Gasteiger partial charge in [0, 0.05) is 0 Å². The quantitative estimate of drug-likeness (QED) is 0.849. The van der Waals surface area contributed by atoms with E-state index in [-0.39, 0.29) is 6.04 Å². The summed E-state index contributed by atoms with van der Waals surface area (Å²) in [7, 11) is 0. The molecule has 1 aromatic heterocycles. The van der Waals surface area contributed by atoms with E-state index in [1.165, 1.54) is 11.1 Å². The zero-order chi connectivity index (χ0) is 12.1. The monoisotopic (exact) mass is 229 g/mol. The van der Waals surface area contributed by atoms with Gasteiger partial charge in [0.2, 0.25) is 0 Å². The number of likely N-dealkylation sites (N-methyl/N-ethyl adjacent to an activating group) is 1. The maximum Gasteiger partial charge on any atom is 0.121 e. The van der Waals surface area contributed by atoms with Crippen molar-refractivity contribution in [1.29, 1.82) is 0 Å². The van der Waals surface area contributed by atoms with Crippen molar-refractivity contribution in [3.8, 4) is 0 Å². The minimum atomic E-state index is 0.261. The van der Waals surface area contributed by atoms with Gasteiger partial charge in [-0.2, -0.15) is 0 Å². The third kappa shape index (κ3) is 3.21. The zero-order valence-corrected chi connectivity index (χ0v) is 10.4. The van der Waals surface area contributed by atoms with E-state index in [2.05, 4.69) is 43.4 Å². The van der Waals surface area contributed by atoms with Crippen LogP contribution in [-0.2, 0) is 6.42 Å². The standard InChI is InChI=1S/C15H19NO/c1-3-16-14(15-8-5-9-17-15)11-13-7-4-6-12(2)10-13/h4-10,14,16H,3,11H2,1-2H3. The summed E-state index contributed by atoms with van der Waals surface area (Å²) in [5, 5.41) is 3.46. The van der Waals surface area contributed by atoms with Gasteiger partial charge in [-0.15, -0.1) is 0 Å². The molecule has 0 radical (unpaired) electrons. The normalized spacial score (nSPS) is 12.6. The fraction of sp³-hybridized carbons (Fsp3) is 0.333. The van der Waals surface area contributed by atoms with Crippen molar-refractivity contribution in [2.75, 3.05) is 6.54 Å². The van der Waals surface area contributed by atoms with Gasteiger partial charge in [-0.3, -0.25) is 0 Å². The summed E-state index contributed by atoms with van der Waals surface area (Å²) in [5.41, 5.74) is 2.64. The number of hydrogen-bond acceptors (Lipinski definition) is 2. The molecule has 2 aromatic rings. The van der Waals surface area contributed by atoms with E-state index < -0.39 is 0 Å².